The van der Waals surface area contributed by atoms with Crippen LogP contribution in [0.15, 0.2) is 212 Å². The van der Waals surface area contributed by atoms with Gasteiger partial charge in [-0.3, -0.25) is 23.0 Å². The molecule has 2 N–H and O–H groups in total. The predicted molar refractivity (Wildman–Crippen MR) is 466 cm³/mol. The largest absolute Gasteiger partial charge is 0.393 e. The molecule has 0 saturated carbocycles. The van der Waals surface area contributed by atoms with Gasteiger partial charge in [-0.15, -0.1) is 0 Å². The van der Waals surface area contributed by atoms with Crippen molar-refractivity contribution in [2.24, 2.45) is 5.92 Å². The molecule has 10 aromatic rings. The van der Waals surface area contributed by atoms with Crippen LogP contribution in [0.5, 0.6) is 0 Å². The van der Waals surface area contributed by atoms with Gasteiger partial charge in [0.15, 0.2) is 0 Å². The highest BCUT2D eigenvalue weighted by molar-refractivity contribution is 7.93. The first-order valence-electron chi connectivity index (χ1n) is 38.1. The molecule has 3 amide bonds. The Labute approximate surface area is 706 Å². The van der Waals surface area contributed by atoms with Gasteiger partial charge in [-0.1, -0.05) is 157 Å². The number of halogens is 6. The average molecular weight is 1710 g/mol. The lowest BCUT2D eigenvalue weighted by molar-refractivity contribution is -0.121. The van der Waals surface area contributed by atoms with Crippen molar-refractivity contribution in [3.05, 3.63) is 289 Å². The maximum absolute atomic E-state index is 14.7. The number of ether oxygens (including phenoxy) is 5. The molecule has 18 nitrogen and oxygen atoms in total. The Morgan fingerprint density at radius 2 is 0.983 bits per heavy atom. The number of likely N-dealkylation sites (tertiary alicyclic amines) is 1. The van der Waals surface area contributed by atoms with E-state index in [-0.39, 0.29) is 71.5 Å². The summed E-state index contributed by atoms with van der Waals surface area (Å²) in [6, 6.07) is 63.8. The smallest absolute Gasteiger partial charge is 0.253 e. The second-order valence-corrected chi connectivity index (χ2v) is 34.5. The van der Waals surface area contributed by atoms with E-state index in [2.05, 4.69) is 5.32 Å². The average Bonchev–Trinajstić information content (AvgIpc) is 1.57. The Kier molecular flexibility index (Phi) is 34.2. The Morgan fingerprint density at radius 3 is 1.46 bits per heavy atom. The number of anilines is 3. The monoisotopic (exact) mass is 1710 g/mol. The minimum Gasteiger partial charge on any atom is -0.393 e. The van der Waals surface area contributed by atoms with Gasteiger partial charge in [0.1, 0.15) is 17.7 Å². The Hall–Kier alpha value is -9.11. The first-order chi connectivity index (χ1) is 56.0. The summed E-state index contributed by atoms with van der Waals surface area (Å²) in [6.07, 6.45) is 1.72. The molecule has 3 saturated heterocycles. The second-order valence-electron chi connectivity index (χ2n) is 28.7. The zero-order chi connectivity index (χ0) is 84.7. The van der Waals surface area contributed by atoms with E-state index in [1.54, 1.807) is 101 Å². The fraction of sp³-hybridized carbons (Fsp3) is 0.308. The van der Waals surface area contributed by atoms with Crippen LogP contribution < -0.4 is 18.8 Å². The van der Waals surface area contributed by atoms with Crippen LogP contribution in [0.25, 0.3) is 44.5 Å². The fourth-order valence-electron chi connectivity index (χ4n) is 13.7. The summed E-state index contributed by atoms with van der Waals surface area (Å²) in [5, 5.41) is 15.2. The summed E-state index contributed by atoms with van der Waals surface area (Å²) in [4.78, 5) is 40.7. The number of benzene rings is 10. The third-order valence-electron chi connectivity index (χ3n) is 19.6. The number of sulfonamides is 2. The maximum Gasteiger partial charge on any atom is 0.253 e. The maximum atomic E-state index is 14.7. The molecule has 1 atom stereocenters. The number of hydrogen-bond donors (Lipinski definition) is 2. The lowest BCUT2D eigenvalue weighted by atomic mass is 9.95. The number of aliphatic hydroxyl groups is 1. The van der Waals surface area contributed by atoms with Crippen molar-refractivity contribution in [3.8, 4) is 44.5 Å². The molecule has 0 aliphatic carbocycles. The van der Waals surface area contributed by atoms with E-state index in [0.29, 0.717) is 114 Å². The van der Waals surface area contributed by atoms with E-state index < -0.39 is 25.9 Å². The van der Waals surface area contributed by atoms with Crippen LogP contribution in [0, 0.1) is 17.6 Å². The van der Waals surface area contributed by atoms with E-state index in [1.807, 2.05) is 173 Å². The lowest BCUT2D eigenvalue weighted by Crippen LogP contribution is -2.40. The van der Waals surface area contributed by atoms with Crippen LogP contribution in [-0.4, -0.2) is 137 Å². The standard InChI is InChI=1S/C20H22FNO3.C19H22ClNO2.C18H20ClNO2.C17H17ClFNO3S.C17H18ClNO3S/c1-25-19(14-5-7-17(21)8-6-14)15-3-2-4-16(13-15)20(24)22-11-9-18(23)10-12-22;1-13(2)19(22)21(3)17-9-10-18(15(11-17)12-23-4)14-5-7-16(20)8-6-14;1-12(2)20-18(21)16-6-4-5-15(17(16)11-22-3)13-7-9-14(19)10-8-13;1-23-11-13-9-17(20-7-2-8-24(20,21)22)16(19)10-15(13)12-3-5-14(18)6-4-12;1-22-12-14-11-16(19-9-2-10-23(19,20)21)7-8-17(14)13-3-5-15(18)6-4-13/h2-8,13,18-19,23H,9-12H2,1H3;5-11,13H,12H2,1-4H3;4-10,12H,11H2,1-3H3,(H,20,21);3-6,9-10H,2,7-8,11H2,1H3;3-8,11H,2,9-10,12H2,1H3. The van der Waals surface area contributed by atoms with Crippen molar-refractivity contribution in [2.45, 2.75) is 98.1 Å². The van der Waals surface area contributed by atoms with Crippen LogP contribution in [0.3, 0.4) is 0 Å². The minimum absolute atomic E-state index is 0.0392. The van der Waals surface area contributed by atoms with Crippen LogP contribution in [0.2, 0.25) is 20.1 Å². The zero-order valence-corrected chi connectivity index (χ0v) is 71.8. The van der Waals surface area contributed by atoms with Gasteiger partial charge in [-0.2, -0.15) is 0 Å². The number of nitrogens with zero attached hydrogens (tertiary/aromatic N) is 4. The highest BCUT2D eigenvalue weighted by Gasteiger charge is 2.33. The summed E-state index contributed by atoms with van der Waals surface area (Å²) in [7, 11) is 3.24. The number of hydrogen-bond acceptors (Lipinski definition) is 13. The number of piperidine rings is 1. The van der Waals surface area contributed by atoms with Crippen molar-refractivity contribution < 1.29 is 68.8 Å². The van der Waals surface area contributed by atoms with Gasteiger partial charge in [0.05, 0.1) is 55.4 Å². The molecule has 0 bridgehead atoms. The van der Waals surface area contributed by atoms with Crippen LogP contribution >= 0.6 is 46.4 Å². The van der Waals surface area contributed by atoms with E-state index in [1.165, 1.54) is 22.5 Å². The SMILES string of the molecule is COC(c1ccc(F)cc1)c1cccc(C(=O)N2CCC(O)CC2)c1.COCc1c(C(=O)NC(C)C)cccc1-c1ccc(Cl)cc1.COCc1cc(N(C)C(=O)C(C)C)ccc1-c1ccc(Cl)cc1.COCc1cc(N2CCCS2(=O)=O)c(F)cc1-c1ccc(Cl)cc1.COCc1cc(N2CCCS2(=O)=O)ccc1-c1ccc(Cl)cc1. The molecule has 3 aliphatic heterocycles. The summed E-state index contributed by atoms with van der Waals surface area (Å²) in [6.45, 7) is 11.2. The Bertz CT molecular complexity index is 5220. The molecular formula is C91H99Cl4F2N5O13S2. The van der Waals surface area contributed by atoms with Crippen molar-refractivity contribution in [1.82, 2.24) is 10.2 Å². The second kappa shape index (κ2) is 43.6. The fourth-order valence-corrected chi connectivity index (χ4v) is 17.4. The van der Waals surface area contributed by atoms with Crippen LogP contribution in [0.4, 0.5) is 25.8 Å². The van der Waals surface area contributed by atoms with Crippen molar-refractivity contribution in [1.29, 1.82) is 0 Å². The lowest BCUT2D eigenvalue weighted by Gasteiger charge is -2.30. The molecule has 26 heteroatoms. The van der Waals surface area contributed by atoms with Gasteiger partial charge < -0.3 is 43.9 Å². The number of aliphatic hydroxyl groups excluding tert-OH is 1. The van der Waals surface area contributed by atoms with Gasteiger partial charge in [-0.25, -0.2) is 25.6 Å². The van der Waals surface area contributed by atoms with E-state index in [9.17, 15) is 45.1 Å². The molecule has 3 aliphatic rings. The molecule has 620 valence electrons. The Morgan fingerprint density at radius 1 is 0.513 bits per heavy atom. The number of rotatable bonds is 22. The number of nitrogens with one attached hydrogen (secondary N) is 1. The topological polar surface area (TPSA) is 211 Å². The van der Waals surface area contributed by atoms with Crippen LogP contribution in [0.1, 0.15) is 114 Å². The van der Waals surface area contributed by atoms with Gasteiger partial charge in [-0.05, 0) is 233 Å². The molecule has 10 aromatic carbocycles. The van der Waals surface area contributed by atoms with E-state index >= 15 is 0 Å². The predicted octanol–water partition coefficient (Wildman–Crippen LogP) is 19.7. The highest BCUT2D eigenvalue weighted by atomic mass is 35.5. The van der Waals surface area contributed by atoms with Crippen molar-refractivity contribution in [2.75, 3.05) is 93.8 Å². The number of methoxy groups -OCH3 is 5. The molecule has 1 unspecified atom stereocenters. The minimum atomic E-state index is -3.44. The normalized spacial score (nSPS) is 14.4. The first kappa shape index (κ1) is 91.8. The molecule has 3 fully saturated rings. The zero-order valence-electron chi connectivity index (χ0n) is 67.1. The van der Waals surface area contributed by atoms with Gasteiger partial charge in [0.2, 0.25) is 26.0 Å². The third-order valence-corrected chi connectivity index (χ3v) is 24.3. The summed E-state index contributed by atoms with van der Waals surface area (Å²) in [5.74, 6) is -0.675. The summed E-state index contributed by atoms with van der Waals surface area (Å²) in [5.41, 5.74) is 15.8. The van der Waals surface area contributed by atoms with Crippen LogP contribution in [-0.2, 0) is 75.0 Å². The summed E-state index contributed by atoms with van der Waals surface area (Å²) >= 11 is 23.8. The summed E-state index contributed by atoms with van der Waals surface area (Å²) < 4.78 is 106. The number of carbonyl (C=O) groups is 3. The molecule has 0 aromatic heterocycles. The number of carbonyl (C=O) groups excluding carboxylic acids is 3. The molecule has 0 spiro atoms. The molecule has 13 rings (SSSR count). The molecular weight excluding hydrogens is 1610 g/mol. The first-order valence-corrected chi connectivity index (χ1v) is 42.9. The van der Waals surface area contributed by atoms with Gasteiger partial charge in [0, 0.05) is 118 Å². The van der Waals surface area contributed by atoms with E-state index in [4.69, 9.17) is 70.1 Å². The molecule has 117 heavy (non-hydrogen) atoms. The number of amides is 3. The third kappa shape index (κ3) is 25.0. The van der Waals surface area contributed by atoms with Crippen molar-refractivity contribution >= 4 is 101 Å². The Balaban J connectivity index is 0.000000167. The molecule has 0 radical (unpaired) electrons. The van der Waals surface area contributed by atoms with Gasteiger partial charge >= 0.3 is 0 Å². The van der Waals surface area contributed by atoms with Crippen molar-refractivity contribution in [3.63, 3.8) is 0 Å². The van der Waals surface area contributed by atoms with E-state index in [0.717, 1.165) is 82.3 Å². The molecule has 3 heterocycles. The quantitative estimate of drug-likeness (QED) is 0.0647. The van der Waals surface area contributed by atoms with Gasteiger partial charge in [0.25, 0.3) is 11.8 Å². The highest BCUT2D eigenvalue weighted by Crippen LogP contribution is 2.38.